The number of rotatable bonds is 6. The molecule has 0 aromatic heterocycles. The molecule has 0 spiro atoms. The predicted octanol–water partition coefficient (Wildman–Crippen LogP) is 6.04. The number of allylic oxidation sites excluding steroid dienone is 6. The van der Waals surface area contributed by atoms with Gasteiger partial charge in [0.25, 0.3) is 5.70 Å². The van der Waals surface area contributed by atoms with Gasteiger partial charge in [0.15, 0.2) is 0 Å². The Balaban J connectivity index is 1.84. The van der Waals surface area contributed by atoms with Crippen LogP contribution in [0.3, 0.4) is 0 Å². The molecule has 0 amide bonds. The van der Waals surface area contributed by atoms with Crippen molar-refractivity contribution >= 4 is 23.5 Å². The quantitative estimate of drug-likeness (QED) is 0.411. The number of benzene rings is 2. The first-order valence-corrected chi connectivity index (χ1v) is 10.4. The zero-order chi connectivity index (χ0) is 23.8. The highest BCUT2D eigenvalue weighted by Crippen LogP contribution is 2.25. The van der Waals surface area contributed by atoms with Crippen molar-refractivity contribution in [3.8, 4) is 6.07 Å². The average Bonchev–Trinajstić information content (AvgIpc) is 2.82. The second kappa shape index (κ2) is 10.7. The average molecular weight is 435 g/mol. The summed E-state index contributed by atoms with van der Waals surface area (Å²) < 4.78 is 6.01. The predicted molar refractivity (Wildman–Crippen MR) is 136 cm³/mol. The second-order valence-electron chi connectivity index (χ2n) is 7.86. The van der Waals surface area contributed by atoms with E-state index >= 15 is 0 Å². The smallest absolute Gasteiger partial charge is 0.269 e. The van der Waals surface area contributed by atoms with E-state index in [4.69, 9.17) is 11.3 Å². The summed E-state index contributed by atoms with van der Waals surface area (Å²) in [7, 11) is 8.01. The fourth-order valence-corrected chi connectivity index (χ4v) is 3.12. The lowest BCUT2D eigenvalue weighted by atomic mass is 10.1. The van der Waals surface area contributed by atoms with E-state index in [2.05, 4.69) is 4.85 Å². The minimum Gasteiger partial charge on any atom is -0.457 e. The van der Waals surface area contributed by atoms with Gasteiger partial charge in [0.05, 0.1) is 12.6 Å². The molecule has 0 N–H and O–H groups in total. The van der Waals surface area contributed by atoms with Crippen molar-refractivity contribution in [1.29, 1.82) is 5.26 Å². The Labute approximate surface area is 196 Å². The minimum atomic E-state index is 0.0285. The van der Waals surface area contributed by atoms with Crippen molar-refractivity contribution in [3.05, 3.63) is 118 Å². The topological polar surface area (TPSA) is 43.9 Å². The highest BCUT2D eigenvalue weighted by atomic mass is 16.5. The Morgan fingerprint density at radius 1 is 0.788 bits per heavy atom. The molecule has 0 aliphatic carbocycles. The summed E-state index contributed by atoms with van der Waals surface area (Å²) in [5, 5.41) is 9.34. The number of hydrogen-bond acceptors (Lipinski definition) is 4. The van der Waals surface area contributed by atoms with Gasteiger partial charge in [-0.05, 0) is 65.3 Å². The van der Waals surface area contributed by atoms with Gasteiger partial charge in [0.1, 0.15) is 11.5 Å². The van der Waals surface area contributed by atoms with E-state index in [-0.39, 0.29) is 5.70 Å². The maximum Gasteiger partial charge on any atom is 0.269 e. The SMILES string of the molecule is [C-]#[N+]C(C#N)=C1C=C(/C=C/c2ccc(N(C)C)cc2)OC(/C=C/c2ccc(N(C)C)cc2)=C1. The number of nitriles is 1. The van der Waals surface area contributed by atoms with Crippen LogP contribution in [0.4, 0.5) is 11.4 Å². The van der Waals surface area contributed by atoms with Crippen LogP contribution in [-0.2, 0) is 4.74 Å². The first-order chi connectivity index (χ1) is 15.9. The number of anilines is 2. The van der Waals surface area contributed by atoms with E-state index in [0.717, 1.165) is 22.5 Å². The maximum absolute atomic E-state index is 9.34. The highest BCUT2D eigenvalue weighted by molar-refractivity contribution is 5.61. The molecule has 1 aliphatic rings. The Hall–Kier alpha value is -4.48. The van der Waals surface area contributed by atoms with Gasteiger partial charge in [0, 0.05) is 39.6 Å². The molecule has 0 saturated carbocycles. The first-order valence-electron chi connectivity index (χ1n) is 10.4. The summed E-state index contributed by atoms with van der Waals surface area (Å²) in [5.41, 5.74) is 4.85. The Bertz CT molecular complexity index is 1130. The molecule has 0 fully saturated rings. The van der Waals surface area contributed by atoms with E-state index in [1.54, 1.807) is 12.2 Å². The van der Waals surface area contributed by atoms with Crippen LogP contribution in [0.2, 0.25) is 0 Å². The Morgan fingerprint density at radius 2 is 1.21 bits per heavy atom. The van der Waals surface area contributed by atoms with E-state index in [1.807, 2.05) is 117 Å². The van der Waals surface area contributed by atoms with Crippen LogP contribution in [0.15, 0.2) is 95.6 Å². The van der Waals surface area contributed by atoms with Crippen LogP contribution < -0.4 is 9.80 Å². The van der Waals surface area contributed by atoms with Gasteiger partial charge in [-0.15, -0.1) is 0 Å². The summed E-state index contributed by atoms with van der Waals surface area (Å²) in [6.07, 6.45) is 11.0. The molecule has 0 atom stereocenters. The summed E-state index contributed by atoms with van der Waals surface area (Å²) in [6.45, 7) is 7.31. The third-order valence-corrected chi connectivity index (χ3v) is 5.02. The van der Waals surface area contributed by atoms with E-state index in [0.29, 0.717) is 17.1 Å². The fraction of sp³-hybridized carbons (Fsp3) is 0.143. The van der Waals surface area contributed by atoms with Gasteiger partial charge in [-0.1, -0.05) is 36.4 Å². The summed E-state index contributed by atoms with van der Waals surface area (Å²) in [6, 6.07) is 18.3. The standard InChI is InChI=1S/C28H26N4O/c1-30-28(20-29)23-18-26(16-10-21-6-12-24(13-7-21)31(2)3)33-27(19-23)17-11-22-8-14-25(15-9-22)32(4)5/h6-19H,2-5H3/b16-10+,17-11+. The molecule has 0 unspecified atom stereocenters. The van der Waals surface area contributed by atoms with Gasteiger partial charge in [-0.3, -0.25) is 0 Å². The molecule has 2 aromatic rings. The van der Waals surface area contributed by atoms with E-state index in [1.165, 1.54) is 0 Å². The molecule has 164 valence electrons. The third-order valence-electron chi connectivity index (χ3n) is 5.02. The molecule has 33 heavy (non-hydrogen) atoms. The van der Waals surface area contributed by atoms with Crippen LogP contribution >= 0.6 is 0 Å². The van der Waals surface area contributed by atoms with Crippen LogP contribution in [0.25, 0.3) is 17.0 Å². The van der Waals surface area contributed by atoms with Crippen molar-refractivity contribution in [1.82, 2.24) is 0 Å². The summed E-state index contributed by atoms with van der Waals surface area (Å²) in [4.78, 5) is 7.44. The van der Waals surface area contributed by atoms with Gasteiger partial charge in [-0.2, -0.15) is 0 Å². The maximum atomic E-state index is 9.34. The molecular formula is C28H26N4O. The monoisotopic (exact) mass is 434 g/mol. The Kier molecular flexibility index (Phi) is 7.52. The highest BCUT2D eigenvalue weighted by Gasteiger charge is 2.12. The van der Waals surface area contributed by atoms with Crippen molar-refractivity contribution < 1.29 is 4.74 Å². The van der Waals surface area contributed by atoms with Gasteiger partial charge < -0.3 is 14.5 Å². The number of nitrogens with zero attached hydrogens (tertiary/aromatic N) is 4. The normalized spacial score (nSPS) is 13.1. The van der Waals surface area contributed by atoms with Crippen molar-refractivity contribution in [2.45, 2.75) is 0 Å². The molecule has 0 saturated heterocycles. The molecule has 3 rings (SSSR count). The Morgan fingerprint density at radius 3 is 1.55 bits per heavy atom. The van der Waals surface area contributed by atoms with Gasteiger partial charge >= 0.3 is 0 Å². The van der Waals surface area contributed by atoms with Crippen LogP contribution in [0.1, 0.15) is 11.1 Å². The minimum absolute atomic E-state index is 0.0285. The molecule has 1 aliphatic heterocycles. The van der Waals surface area contributed by atoms with E-state index < -0.39 is 0 Å². The molecule has 2 aromatic carbocycles. The lowest BCUT2D eigenvalue weighted by Gasteiger charge is -2.15. The second-order valence-corrected chi connectivity index (χ2v) is 7.86. The van der Waals surface area contributed by atoms with Crippen molar-refractivity contribution in [2.75, 3.05) is 38.0 Å². The zero-order valence-electron chi connectivity index (χ0n) is 19.3. The van der Waals surface area contributed by atoms with Crippen LogP contribution in [0, 0.1) is 17.9 Å². The van der Waals surface area contributed by atoms with Crippen molar-refractivity contribution in [3.63, 3.8) is 0 Å². The van der Waals surface area contributed by atoms with Crippen molar-refractivity contribution in [2.24, 2.45) is 0 Å². The number of hydrogen-bond donors (Lipinski definition) is 0. The lowest BCUT2D eigenvalue weighted by Crippen LogP contribution is -2.07. The largest absolute Gasteiger partial charge is 0.457 e. The van der Waals surface area contributed by atoms with Crippen LogP contribution in [0.5, 0.6) is 0 Å². The first kappa shape index (κ1) is 23.2. The molecule has 5 nitrogen and oxygen atoms in total. The fourth-order valence-electron chi connectivity index (χ4n) is 3.12. The summed E-state index contributed by atoms with van der Waals surface area (Å²) in [5.74, 6) is 1.12. The molecule has 5 heteroatoms. The molecule has 1 heterocycles. The van der Waals surface area contributed by atoms with Gasteiger partial charge in [0.2, 0.25) is 0 Å². The van der Waals surface area contributed by atoms with E-state index in [9.17, 15) is 5.26 Å². The lowest BCUT2D eigenvalue weighted by molar-refractivity contribution is 0.332. The van der Waals surface area contributed by atoms with Gasteiger partial charge in [-0.25, -0.2) is 10.1 Å². The molecule has 0 bridgehead atoms. The third kappa shape index (κ3) is 6.26. The zero-order valence-corrected chi connectivity index (χ0v) is 19.3. The van der Waals surface area contributed by atoms with Crippen LogP contribution in [-0.4, -0.2) is 28.2 Å². The molecular weight excluding hydrogens is 408 g/mol. The summed E-state index contributed by atoms with van der Waals surface area (Å²) >= 11 is 0. The number of ether oxygens (including phenoxy) is 1. The molecule has 0 radical (unpaired) electrons.